The molecule has 0 aliphatic carbocycles. The van der Waals surface area contributed by atoms with Gasteiger partial charge in [-0.15, -0.1) is 12.4 Å². The van der Waals surface area contributed by atoms with Gasteiger partial charge in [-0.1, -0.05) is 38.7 Å². The minimum absolute atomic E-state index is 0. The van der Waals surface area contributed by atoms with Crippen LogP contribution in [0.4, 0.5) is 0 Å². The Hall–Kier alpha value is -0.500. The van der Waals surface area contributed by atoms with Crippen molar-refractivity contribution in [3.8, 4) is 0 Å². The summed E-state index contributed by atoms with van der Waals surface area (Å²) >= 11 is 0. The molecule has 0 aliphatic heterocycles. The molecule has 0 aromatic rings. The molecular formula is C10H19ClO2. The molecule has 78 valence electrons. The summed E-state index contributed by atoms with van der Waals surface area (Å²) in [4.78, 5) is 10.0. The van der Waals surface area contributed by atoms with Gasteiger partial charge in [0.05, 0.1) is 0 Å². The molecule has 0 saturated carbocycles. The van der Waals surface area contributed by atoms with Gasteiger partial charge in [-0.25, -0.2) is 4.79 Å². The number of hydrogen-bond acceptors (Lipinski definition) is 1. The zero-order valence-corrected chi connectivity index (χ0v) is 8.98. The van der Waals surface area contributed by atoms with Crippen LogP contribution < -0.4 is 0 Å². The fraction of sp³-hybridized carbons (Fsp3) is 0.700. The van der Waals surface area contributed by atoms with Crippen LogP contribution in [-0.4, -0.2) is 11.1 Å². The summed E-state index contributed by atoms with van der Waals surface area (Å²) in [5, 5.41) is 8.27. The zero-order valence-electron chi connectivity index (χ0n) is 8.16. The van der Waals surface area contributed by atoms with Crippen LogP contribution in [0.2, 0.25) is 0 Å². The molecule has 3 heteroatoms. The van der Waals surface area contributed by atoms with Crippen LogP contribution in [0.25, 0.3) is 0 Å². The average molecular weight is 207 g/mol. The highest BCUT2D eigenvalue weighted by Gasteiger charge is 1.87. The number of halogens is 1. The van der Waals surface area contributed by atoms with E-state index in [4.69, 9.17) is 5.11 Å². The van der Waals surface area contributed by atoms with Crippen molar-refractivity contribution >= 4 is 18.4 Å². The molecule has 0 rings (SSSR count). The molecule has 0 aromatic carbocycles. The number of hydrogen-bond donors (Lipinski definition) is 1. The molecule has 0 amide bonds. The molecule has 0 radical (unpaired) electrons. The maximum atomic E-state index is 10.0. The van der Waals surface area contributed by atoms with Gasteiger partial charge in [-0.3, -0.25) is 0 Å². The predicted molar refractivity (Wildman–Crippen MR) is 57.4 cm³/mol. The number of carbonyl (C=O) groups is 1. The Morgan fingerprint density at radius 3 is 2.38 bits per heavy atom. The minimum Gasteiger partial charge on any atom is -0.478 e. The van der Waals surface area contributed by atoms with Gasteiger partial charge < -0.3 is 5.11 Å². The lowest BCUT2D eigenvalue weighted by atomic mass is 10.1. The maximum Gasteiger partial charge on any atom is 0.327 e. The summed E-state index contributed by atoms with van der Waals surface area (Å²) in [6, 6.07) is 0. The average Bonchev–Trinajstić information content (AvgIpc) is 2.02. The van der Waals surface area contributed by atoms with Gasteiger partial charge in [-0.05, 0) is 12.8 Å². The first-order chi connectivity index (χ1) is 5.77. The van der Waals surface area contributed by atoms with Gasteiger partial charge >= 0.3 is 5.97 Å². The number of rotatable bonds is 7. The highest BCUT2D eigenvalue weighted by molar-refractivity contribution is 5.85. The third-order valence-corrected chi connectivity index (χ3v) is 1.73. The summed E-state index contributed by atoms with van der Waals surface area (Å²) in [6.07, 6.45) is 10.0. The number of unbranched alkanes of at least 4 members (excludes halogenated alkanes) is 5. The van der Waals surface area contributed by atoms with E-state index in [-0.39, 0.29) is 12.4 Å². The number of allylic oxidation sites excluding steroid dienone is 1. The summed E-state index contributed by atoms with van der Waals surface area (Å²) in [6.45, 7) is 2.18. The van der Waals surface area contributed by atoms with E-state index in [1.54, 1.807) is 6.08 Å². The summed E-state index contributed by atoms with van der Waals surface area (Å²) in [7, 11) is 0. The van der Waals surface area contributed by atoms with Crippen molar-refractivity contribution in [3.05, 3.63) is 12.2 Å². The standard InChI is InChI=1S/C10H18O2.ClH/c1-2-3-4-5-6-7-8-9-10(11)12;/h8-9H,2-7H2,1H3,(H,11,12);1H. The molecule has 2 nitrogen and oxygen atoms in total. The second-order valence-corrected chi connectivity index (χ2v) is 2.94. The van der Waals surface area contributed by atoms with Crippen molar-refractivity contribution in [2.24, 2.45) is 0 Å². The van der Waals surface area contributed by atoms with Crippen LogP contribution in [0.1, 0.15) is 45.4 Å². The normalized spacial score (nSPS) is 9.92. The fourth-order valence-corrected chi connectivity index (χ4v) is 1.05. The van der Waals surface area contributed by atoms with Gasteiger partial charge in [0.1, 0.15) is 0 Å². The predicted octanol–water partition coefficient (Wildman–Crippen LogP) is 3.41. The van der Waals surface area contributed by atoms with Crippen LogP contribution >= 0.6 is 12.4 Å². The molecule has 0 saturated heterocycles. The Morgan fingerprint density at radius 1 is 1.23 bits per heavy atom. The Kier molecular flexibility index (Phi) is 13.3. The van der Waals surface area contributed by atoms with Crippen LogP contribution in [0.15, 0.2) is 12.2 Å². The van der Waals surface area contributed by atoms with E-state index in [1.165, 1.54) is 31.8 Å². The third-order valence-electron chi connectivity index (χ3n) is 1.73. The van der Waals surface area contributed by atoms with Crippen molar-refractivity contribution in [2.45, 2.75) is 45.4 Å². The fourth-order valence-electron chi connectivity index (χ4n) is 1.05. The Balaban J connectivity index is 0. The first-order valence-corrected chi connectivity index (χ1v) is 4.67. The lowest BCUT2D eigenvalue weighted by molar-refractivity contribution is -0.131. The van der Waals surface area contributed by atoms with Gasteiger partial charge in [0.15, 0.2) is 0 Å². The highest BCUT2D eigenvalue weighted by atomic mass is 35.5. The Labute approximate surface area is 86.4 Å². The van der Waals surface area contributed by atoms with Crippen molar-refractivity contribution in [2.75, 3.05) is 0 Å². The van der Waals surface area contributed by atoms with Gasteiger partial charge in [0.25, 0.3) is 0 Å². The van der Waals surface area contributed by atoms with E-state index in [9.17, 15) is 4.79 Å². The summed E-state index contributed by atoms with van der Waals surface area (Å²) in [5.74, 6) is -0.844. The zero-order chi connectivity index (χ0) is 9.23. The van der Waals surface area contributed by atoms with Gasteiger partial charge in [0.2, 0.25) is 0 Å². The first kappa shape index (κ1) is 15.0. The van der Waals surface area contributed by atoms with E-state index in [0.29, 0.717) is 0 Å². The van der Waals surface area contributed by atoms with E-state index in [2.05, 4.69) is 6.92 Å². The molecule has 0 heterocycles. The third kappa shape index (κ3) is 14.4. The molecule has 1 N–H and O–H groups in total. The van der Waals surface area contributed by atoms with Crippen molar-refractivity contribution in [1.82, 2.24) is 0 Å². The van der Waals surface area contributed by atoms with Crippen LogP contribution in [0, 0.1) is 0 Å². The summed E-state index contributed by atoms with van der Waals surface area (Å²) in [5.41, 5.74) is 0. The van der Waals surface area contributed by atoms with E-state index in [0.717, 1.165) is 12.8 Å². The summed E-state index contributed by atoms with van der Waals surface area (Å²) < 4.78 is 0. The maximum absolute atomic E-state index is 10.0. The molecule has 0 fully saturated rings. The smallest absolute Gasteiger partial charge is 0.327 e. The molecular weight excluding hydrogens is 188 g/mol. The quantitative estimate of drug-likeness (QED) is 0.512. The monoisotopic (exact) mass is 206 g/mol. The first-order valence-electron chi connectivity index (χ1n) is 4.67. The largest absolute Gasteiger partial charge is 0.478 e. The molecule has 0 atom stereocenters. The van der Waals surface area contributed by atoms with Gasteiger partial charge in [0, 0.05) is 6.08 Å². The Bertz CT molecular complexity index is 144. The van der Waals surface area contributed by atoms with E-state index in [1.807, 2.05) is 0 Å². The number of aliphatic carboxylic acids is 1. The van der Waals surface area contributed by atoms with Crippen LogP contribution in [0.5, 0.6) is 0 Å². The van der Waals surface area contributed by atoms with Crippen LogP contribution in [-0.2, 0) is 4.79 Å². The molecule has 13 heavy (non-hydrogen) atoms. The second kappa shape index (κ2) is 11.5. The van der Waals surface area contributed by atoms with Gasteiger partial charge in [-0.2, -0.15) is 0 Å². The molecule has 0 aliphatic rings. The van der Waals surface area contributed by atoms with Crippen molar-refractivity contribution in [1.29, 1.82) is 0 Å². The second-order valence-electron chi connectivity index (χ2n) is 2.94. The Morgan fingerprint density at radius 2 is 1.85 bits per heavy atom. The van der Waals surface area contributed by atoms with Crippen molar-refractivity contribution in [3.63, 3.8) is 0 Å². The SMILES string of the molecule is CCCCCCCC=CC(=O)O.Cl. The van der Waals surface area contributed by atoms with E-state index < -0.39 is 5.97 Å². The molecule has 0 aromatic heterocycles. The minimum atomic E-state index is -0.844. The number of carboxylic acid groups (broad SMARTS) is 1. The molecule has 0 unspecified atom stereocenters. The lowest BCUT2D eigenvalue weighted by Gasteiger charge is -1.95. The number of carboxylic acids is 1. The lowest BCUT2D eigenvalue weighted by Crippen LogP contribution is -1.85. The topological polar surface area (TPSA) is 37.3 Å². The van der Waals surface area contributed by atoms with Crippen LogP contribution in [0.3, 0.4) is 0 Å². The highest BCUT2D eigenvalue weighted by Crippen LogP contribution is 2.04. The van der Waals surface area contributed by atoms with Crippen molar-refractivity contribution < 1.29 is 9.90 Å². The van der Waals surface area contributed by atoms with E-state index >= 15 is 0 Å². The molecule has 0 spiro atoms. The molecule has 0 bridgehead atoms.